The second-order valence-corrected chi connectivity index (χ2v) is 7.81. The molecule has 0 unspecified atom stereocenters. The van der Waals surface area contributed by atoms with Gasteiger partial charge in [-0.25, -0.2) is 8.42 Å². The van der Waals surface area contributed by atoms with Gasteiger partial charge in [-0.05, 0) is 23.8 Å². The summed E-state index contributed by atoms with van der Waals surface area (Å²) < 4.78 is 27.1. The Bertz CT molecular complexity index is 956. The van der Waals surface area contributed by atoms with Gasteiger partial charge in [0.2, 0.25) is 10.0 Å². The standard InChI is InChI=1S/C17H15N3O3S2/c21-17(13-6-2-1-3-7-13)19-15-9-5-4-8-14(15)11-25(22,23)20-16-10-18-12-24-16/h1-10,12,20H,11H2,(H,19,21). The largest absolute Gasteiger partial charge is 0.322 e. The van der Waals surface area contributed by atoms with E-state index in [1.54, 1.807) is 54.0 Å². The summed E-state index contributed by atoms with van der Waals surface area (Å²) in [5.41, 5.74) is 3.02. The molecule has 2 aromatic carbocycles. The molecule has 0 fully saturated rings. The van der Waals surface area contributed by atoms with Crippen LogP contribution in [0.15, 0.2) is 66.3 Å². The molecule has 6 nitrogen and oxygen atoms in total. The number of rotatable bonds is 6. The fourth-order valence-electron chi connectivity index (χ4n) is 2.21. The monoisotopic (exact) mass is 373 g/mol. The molecule has 1 heterocycles. The molecule has 0 aliphatic rings. The van der Waals surface area contributed by atoms with Crippen LogP contribution in [0, 0.1) is 0 Å². The number of benzene rings is 2. The first-order valence-electron chi connectivity index (χ1n) is 7.37. The lowest BCUT2D eigenvalue weighted by Gasteiger charge is -2.12. The molecule has 128 valence electrons. The quantitative estimate of drug-likeness (QED) is 0.694. The van der Waals surface area contributed by atoms with Crippen molar-refractivity contribution in [1.82, 2.24) is 4.98 Å². The average molecular weight is 373 g/mol. The predicted molar refractivity (Wildman–Crippen MR) is 99.2 cm³/mol. The van der Waals surface area contributed by atoms with Crippen LogP contribution in [0.5, 0.6) is 0 Å². The molecule has 0 radical (unpaired) electrons. The number of anilines is 2. The first-order valence-corrected chi connectivity index (χ1v) is 9.90. The molecule has 1 amide bonds. The van der Waals surface area contributed by atoms with Crippen molar-refractivity contribution in [3.05, 3.63) is 77.4 Å². The highest BCUT2D eigenvalue weighted by molar-refractivity contribution is 7.92. The SMILES string of the molecule is O=C(Nc1ccccc1CS(=O)(=O)Nc1cncs1)c1ccccc1. The van der Waals surface area contributed by atoms with Crippen molar-refractivity contribution >= 4 is 38.0 Å². The molecule has 2 N–H and O–H groups in total. The Morgan fingerprint density at radius 1 is 1.04 bits per heavy atom. The van der Waals surface area contributed by atoms with E-state index in [0.29, 0.717) is 21.8 Å². The van der Waals surface area contributed by atoms with Gasteiger partial charge in [0.1, 0.15) is 5.00 Å². The number of hydrogen-bond acceptors (Lipinski definition) is 5. The fourth-order valence-corrected chi connectivity index (χ4v) is 4.24. The van der Waals surface area contributed by atoms with Crippen molar-refractivity contribution in [2.75, 3.05) is 10.0 Å². The highest BCUT2D eigenvalue weighted by Crippen LogP contribution is 2.21. The summed E-state index contributed by atoms with van der Waals surface area (Å²) in [6.45, 7) is 0. The summed E-state index contributed by atoms with van der Waals surface area (Å²) in [5.74, 6) is -0.545. The normalized spacial score (nSPS) is 11.0. The molecule has 0 saturated carbocycles. The zero-order valence-electron chi connectivity index (χ0n) is 13.0. The average Bonchev–Trinajstić information content (AvgIpc) is 3.09. The molecule has 0 atom stereocenters. The molecule has 0 saturated heterocycles. The van der Waals surface area contributed by atoms with Crippen LogP contribution in [0.4, 0.5) is 10.7 Å². The minimum atomic E-state index is -3.61. The molecule has 25 heavy (non-hydrogen) atoms. The summed E-state index contributed by atoms with van der Waals surface area (Å²) in [6.07, 6.45) is 1.45. The van der Waals surface area contributed by atoms with Gasteiger partial charge in [-0.1, -0.05) is 36.4 Å². The fraction of sp³-hybridized carbons (Fsp3) is 0.0588. The molecule has 1 aromatic heterocycles. The van der Waals surface area contributed by atoms with Crippen molar-refractivity contribution in [2.45, 2.75) is 5.75 Å². The highest BCUT2D eigenvalue weighted by Gasteiger charge is 2.16. The summed E-state index contributed by atoms with van der Waals surface area (Å²) in [7, 11) is -3.61. The molecular formula is C17H15N3O3S2. The van der Waals surface area contributed by atoms with E-state index < -0.39 is 10.0 Å². The van der Waals surface area contributed by atoms with Crippen LogP contribution in [0.1, 0.15) is 15.9 Å². The van der Waals surface area contributed by atoms with Gasteiger partial charge in [-0.3, -0.25) is 14.5 Å². The maximum absolute atomic E-state index is 12.3. The Balaban J connectivity index is 1.78. The van der Waals surface area contributed by atoms with Gasteiger partial charge in [0.05, 0.1) is 17.5 Å². The van der Waals surface area contributed by atoms with E-state index >= 15 is 0 Å². The van der Waals surface area contributed by atoms with E-state index in [2.05, 4.69) is 15.0 Å². The number of hydrogen-bond donors (Lipinski definition) is 2. The molecule has 0 bridgehead atoms. The summed E-state index contributed by atoms with van der Waals surface area (Å²) in [5, 5.41) is 3.22. The smallest absolute Gasteiger partial charge is 0.255 e. The van der Waals surface area contributed by atoms with Gasteiger partial charge < -0.3 is 5.32 Å². The number of carbonyl (C=O) groups excluding carboxylic acids is 1. The summed E-state index contributed by atoms with van der Waals surface area (Å²) in [4.78, 5) is 16.1. The van der Waals surface area contributed by atoms with Crippen molar-refractivity contribution in [2.24, 2.45) is 0 Å². The Kier molecular flexibility index (Phi) is 5.11. The van der Waals surface area contributed by atoms with Gasteiger partial charge in [-0.2, -0.15) is 0 Å². The van der Waals surface area contributed by atoms with Crippen LogP contribution in [-0.2, 0) is 15.8 Å². The van der Waals surface area contributed by atoms with Crippen LogP contribution in [-0.4, -0.2) is 19.3 Å². The van der Waals surface area contributed by atoms with Crippen LogP contribution in [0.2, 0.25) is 0 Å². The van der Waals surface area contributed by atoms with E-state index in [1.165, 1.54) is 17.5 Å². The lowest BCUT2D eigenvalue weighted by Crippen LogP contribution is -2.17. The number of thiazole rings is 1. The molecular weight excluding hydrogens is 358 g/mol. The van der Waals surface area contributed by atoms with Gasteiger partial charge in [-0.15, -0.1) is 11.3 Å². The van der Waals surface area contributed by atoms with Crippen LogP contribution in [0.3, 0.4) is 0 Å². The van der Waals surface area contributed by atoms with Crippen LogP contribution >= 0.6 is 11.3 Å². The number of para-hydroxylation sites is 1. The molecule has 0 aliphatic carbocycles. The second kappa shape index (κ2) is 7.45. The number of carbonyl (C=O) groups is 1. The lowest BCUT2D eigenvalue weighted by molar-refractivity contribution is 0.102. The number of nitrogens with one attached hydrogen (secondary N) is 2. The number of aromatic nitrogens is 1. The zero-order chi connectivity index (χ0) is 17.7. The van der Waals surface area contributed by atoms with Gasteiger partial charge in [0, 0.05) is 11.3 Å². The first-order chi connectivity index (χ1) is 12.0. The number of sulfonamides is 1. The molecule has 0 spiro atoms. The summed E-state index contributed by atoms with van der Waals surface area (Å²) in [6, 6.07) is 15.6. The second-order valence-electron chi connectivity index (χ2n) is 5.20. The minimum Gasteiger partial charge on any atom is -0.322 e. The number of nitrogens with zero attached hydrogens (tertiary/aromatic N) is 1. The van der Waals surface area contributed by atoms with Crippen molar-refractivity contribution < 1.29 is 13.2 Å². The van der Waals surface area contributed by atoms with E-state index in [4.69, 9.17) is 0 Å². The first kappa shape index (κ1) is 17.1. The van der Waals surface area contributed by atoms with E-state index in [1.807, 2.05) is 6.07 Å². The van der Waals surface area contributed by atoms with Gasteiger partial charge in [0.25, 0.3) is 5.91 Å². The third-order valence-electron chi connectivity index (χ3n) is 3.34. The van der Waals surface area contributed by atoms with Crippen molar-refractivity contribution in [1.29, 1.82) is 0 Å². The van der Waals surface area contributed by atoms with Crippen LogP contribution < -0.4 is 10.0 Å². The zero-order valence-corrected chi connectivity index (χ0v) is 14.7. The summed E-state index contributed by atoms with van der Waals surface area (Å²) >= 11 is 1.20. The van der Waals surface area contributed by atoms with E-state index in [0.717, 1.165) is 0 Å². The molecule has 3 rings (SSSR count). The Morgan fingerprint density at radius 3 is 2.48 bits per heavy atom. The Morgan fingerprint density at radius 2 is 1.76 bits per heavy atom. The Labute approximate surface area is 149 Å². The van der Waals surface area contributed by atoms with Gasteiger partial charge in [0.15, 0.2) is 0 Å². The minimum absolute atomic E-state index is 0.254. The van der Waals surface area contributed by atoms with E-state index in [9.17, 15) is 13.2 Å². The molecule has 3 aromatic rings. The van der Waals surface area contributed by atoms with Gasteiger partial charge >= 0.3 is 0 Å². The van der Waals surface area contributed by atoms with Crippen molar-refractivity contribution in [3.8, 4) is 0 Å². The predicted octanol–water partition coefficient (Wildman–Crippen LogP) is 3.34. The van der Waals surface area contributed by atoms with Crippen LogP contribution in [0.25, 0.3) is 0 Å². The third kappa shape index (κ3) is 4.65. The highest BCUT2D eigenvalue weighted by atomic mass is 32.2. The lowest BCUT2D eigenvalue weighted by atomic mass is 10.1. The Hall–Kier alpha value is -2.71. The van der Waals surface area contributed by atoms with Crippen molar-refractivity contribution in [3.63, 3.8) is 0 Å². The maximum atomic E-state index is 12.3. The molecule has 0 aliphatic heterocycles. The topological polar surface area (TPSA) is 88.2 Å². The maximum Gasteiger partial charge on any atom is 0.255 e. The number of amides is 1. The molecule has 8 heteroatoms. The van der Waals surface area contributed by atoms with E-state index in [-0.39, 0.29) is 11.7 Å². The third-order valence-corrected chi connectivity index (χ3v) is 5.38.